The molecule has 2 fully saturated rings. The quantitative estimate of drug-likeness (QED) is 0.119. The van der Waals surface area contributed by atoms with Crippen LogP contribution >= 0.6 is 19.4 Å². The Morgan fingerprint density at radius 2 is 1.70 bits per heavy atom. The molecule has 3 aromatic rings. The number of urea groups is 1. The first-order chi connectivity index (χ1) is 22.8. The van der Waals surface area contributed by atoms with E-state index >= 15 is 0 Å². The van der Waals surface area contributed by atoms with E-state index in [0.29, 0.717) is 10.6 Å². The molecule has 2 saturated heterocycles. The van der Waals surface area contributed by atoms with Crippen molar-refractivity contribution in [2.24, 2.45) is 0 Å². The second kappa shape index (κ2) is 18.4. The van der Waals surface area contributed by atoms with Crippen LogP contribution in [0, 0.1) is 0 Å². The van der Waals surface area contributed by atoms with Crippen LogP contribution in [0.15, 0.2) is 85.5 Å². The summed E-state index contributed by atoms with van der Waals surface area (Å²) in [7, 11) is -1.54. The minimum Gasteiger partial charge on any atom is -0.780 e. The molecule has 17 heteroatoms. The number of hydrogen-bond acceptors (Lipinski definition) is 9. The molecular weight excluding hydrogens is 705 g/mol. The van der Waals surface area contributed by atoms with Crippen LogP contribution in [-0.2, 0) is 33.7 Å². The number of anilines is 1. The van der Waals surface area contributed by atoms with Crippen LogP contribution in [0.4, 0.5) is 10.5 Å². The van der Waals surface area contributed by atoms with Gasteiger partial charge in [0.2, 0.25) is 11.8 Å². The van der Waals surface area contributed by atoms with Gasteiger partial charge in [0, 0.05) is 40.2 Å². The van der Waals surface area contributed by atoms with Crippen LogP contribution in [0.2, 0.25) is 5.02 Å². The van der Waals surface area contributed by atoms with Crippen molar-refractivity contribution in [3.05, 3.63) is 107 Å². The van der Waals surface area contributed by atoms with E-state index in [1.165, 1.54) is 34.2 Å². The molecule has 4 amide bonds. The molecule has 50 heavy (non-hydrogen) atoms. The number of nitrogens with zero attached hydrogens (tertiary/aromatic N) is 5. The van der Waals surface area contributed by atoms with E-state index in [1.807, 2.05) is 61.5 Å². The number of nitrogens with one attached hydrogen (secondary N) is 1. The number of hydrazine groups is 1. The molecule has 0 bridgehead atoms. The minimum atomic E-state index is -5.26. The molecule has 0 unspecified atom stereocenters. The van der Waals surface area contributed by atoms with Crippen LogP contribution in [0.25, 0.3) is 0 Å². The summed E-state index contributed by atoms with van der Waals surface area (Å²) in [5.41, 5.74) is 3.04. The SMILES string of the molecule is C=CCN1CC(=O)N2[C@@H](Cc3ccc(OP(=O)([O-])[O-])cc3)C(=O)N(Cc3ccc(Cl)c(N(C)C)c3)C[C@@H]2N1C(=O)NCc1ccccc1.[Na+].[Na+]. The van der Waals surface area contributed by atoms with Gasteiger partial charge in [-0.2, -0.15) is 0 Å². The minimum absolute atomic E-state index is 0. The summed E-state index contributed by atoms with van der Waals surface area (Å²) >= 11 is 6.41. The summed E-state index contributed by atoms with van der Waals surface area (Å²) in [6.45, 7) is 4.32. The van der Waals surface area contributed by atoms with Crippen LogP contribution in [0.1, 0.15) is 16.7 Å². The van der Waals surface area contributed by atoms with Crippen molar-refractivity contribution < 1.29 is 92.4 Å². The molecule has 1 N–H and O–H groups in total. The number of phosphoric ester groups is 1. The summed E-state index contributed by atoms with van der Waals surface area (Å²) in [5, 5.41) is 6.61. The van der Waals surface area contributed by atoms with Crippen molar-refractivity contribution in [2.45, 2.75) is 31.7 Å². The predicted molar refractivity (Wildman–Crippen MR) is 176 cm³/mol. The molecule has 0 aromatic heterocycles. The molecule has 2 aliphatic heterocycles. The zero-order chi connectivity index (χ0) is 34.6. The third-order valence-electron chi connectivity index (χ3n) is 8.10. The molecule has 13 nitrogen and oxygen atoms in total. The maximum atomic E-state index is 14.3. The number of amides is 4. The summed E-state index contributed by atoms with van der Waals surface area (Å²) in [5.74, 6) is -0.838. The molecule has 2 atom stereocenters. The standard InChI is InChI=1S/C33H38ClN6O7P.2Na/c1-4-16-38-22-31(41)39-29(17-23-10-13-26(14-11-23)47-48(44,45)46)32(42)37(20-25-12-15-27(34)28(18-25)36(2)3)21-30(39)40(38)33(43)35-19-24-8-6-5-7-9-24;;/h4-15,18,29-30H,1,16-17,19-22H2,2-3H3,(H,35,43)(H2,44,45,46);;/q;2*+1/p-2/t29-,30-;;/m0../s1. The molecule has 2 heterocycles. The maximum absolute atomic E-state index is 14.3. The Balaban J connectivity index is 0.00000338. The summed E-state index contributed by atoms with van der Waals surface area (Å²) in [6.07, 6.45) is 0.793. The maximum Gasteiger partial charge on any atom is 1.00 e. The summed E-state index contributed by atoms with van der Waals surface area (Å²) < 4.78 is 15.5. The Morgan fingerprint density at radius 1 is 1.04 bits per heavy atom. The van der Waals surface area contributed by atoms with Gasteiger partial charge in [-0.25, -0.2) is 14.8 Å². The van der Waals surface area contributed by atoms with E-state index in [-0.39, 0.29) is 116 Å². The van der Waals surface area contributed by atoms with Crippen molar-refractivity contribution in [3.63, 3.8) is 0 Å². The fraction of sp³-hybridized carbons (Fsp3) is 0.303. The number of carbonyl (C=O) groups excluding carboxylic acids is 3. The zero-order valence-corrected chi connectivity index (χ0v) is 34.2. The topological polar surface area (TPSA) is 152 Å². The summed E-state index contributed by atoms with van der Waals surface area (Å²) in [6, 6.07) is 19.1. The van der Waals surface area contributed by atoms with Crippen LogP contribution in [-0.4, -0.2) is 83.6 Å². The van der Waals surface area contributed by atoms with E-state index in [0.717, 1.165) is 16.8 Å². The van der Waals surface area contributed by atoms with E-state index < -0.39 is 26.1 Å². The Hall–Kier alpha value is -2.39. The molecule has 3 aromatic carbocycles. The molecule has 5 rings (SSSR count). The number of fused-ring (bicyclic) bond motifs is 1. The van der Waals surface area contributed by atoms with Crippen molar-refractivity contribution in [2.75, 3.05) is 38.6 Å². The van der Waals surface area contributed by atoms with E-state index in [2.05, 4.69) is 16.4 Å². The van der Waals surface area contributed by atoms with Crippen molar-refractivity contribution in [1.82, 2.24) is 25.1 Å². The van der Waals surface area contributed by atoms with E-state index in [4.69, 9.17) is 11.6 Å². The van der Waals surface area contributed by atoms with E-state index in [1.54, 1.807) is 22.1 Å². The Labute approximate surface area is 341 Å². The van der Waals surface area contributed by atoms with Crippen LogP contribution in [0.5, 0.6) is 5.75 Å². The number of benzene rings is 3. The Morgan fingerprint density at radius 3 is 2.32 bits per heavy atom. The molecule has 0 spiro atoms. The number of hydrogen-bond donors (Lipinski definition) is 1. The Bertz CT molecular complexity index is 1720. The normalized spacial score (nSPS) is 17.7. The van der Waals surface area contributed by atoms with Gasteiger partial charge < -0.3 is 38.9 Å². The fourth-order valence-electron chi connectivity index (χ4n) is 5.96. The monoisotopic (exact) mass is 740 g/mol. The van der Waals surface area contributed by atoms with Crippen molar-refractivity contribution in [3.8, 4) is 5.75 Å². The molecule has 0 saturated carbocycles. The van der Waals surface area contributed by atoms with Gasteiger partial charge in [-0.1, -0.05) is 66.2 Å². The van der Waals surface area contributed by atoms with Crippen LogP contribution < -0.4 is 83.6 Å². The molecule has 0 radical (unpaired) electrons. The molecular formula is C33H36ClN6Na2O7P. The first kappa shape index (κ1) is 42.0. The Kier molecular flexibility index (Phi) is 15.5. The number of carbonyl (C=O) groups is 3. The van der Waals surface area contributed by atoms with Gasteiger partial charge in [0.15, 0.2) is 0 Å². The first-order valence-corrected chi connectivity index (χ1v) is 17.0. The van der Waals surface area contributed by atoms with Gasteiger partial charge in [-0.05, 0) is 41.0 Å². The average Bonchev–Trinajstić information content (AvgIpc) is 3.03. The number of rotatable bonds is 11. The second-order valence-electron chi connectivity index (χ2n) is 11.7. The molecule has 2 aliphatic rings. The zero-order valence-electron chi connectivity index (χ0n) is 28.5. The van der Waals surface area contributed by atoms with Gasteiger partial charge in [0.25, 0.3) is 0 Å². The number of piperazine rings is 1. The third-order valence-corrected chi connectivity index (χ3v) is 8.85. The second-order valence-corrected chi connectivity index (χ2v) is 13.2. The first-order valence-electron chi connectivity index (χ1n) is 15.2. The van der Waals surface area contributed by atoms with E-state index in [9.17, 15) is 28.7 Å². The smallest absolute Gasteiger partial charge is 0.780 e. The number of phosphoric acid groups is 1. The van der Waals surface area contributed by atoms with Gasteiger partial charge >= 0.3 is 65.1 Å². The predicted octanol–water partition coefficient (Wildman–Crippen LogP) is -3.64. The number of halogens is 1. The fourth-order valence-corrected chi connectivity index (χ4v) is 6.62. The van der Waals surface area contributed by atoms with Crippen molar-refractivity contribution in [1.29, 1.82) is 0 Å². The molecule has 0 aliphatic carbocycles. The largest absolute Gasteiger partial charge is 1.00 e. The van der Waals surface area contributed by atoms with Gasteiger partial charge in [-0.15, -0.1) is 6.58 Å². The van der Waals surface area contributed by atoms with Crippen molar-refractivity contribution >= 4 is 43.0 Å². The average molecular weight is 741 g/mol. The van der Waals surface area contributed by atoms with Gasteiger partial charge in [0.1, 0.15) is 25.8 Å². The van der Waals surface area contributed by atoms with Gasteiger partial charge in [0.05, 0.1) is 23.8 Å². The molecule has 254 valence electrons. The third kappa shape index (κ3) is 10.4. The van der Waals surface area contributed by atoms with Crippen LogP contribution in [0.3, 0.4) is 0 Å². The summed E-state index contributed by atoms with van der Waals surface area (Å²) in [4.78, 5) is 69.1. The van der Waals surface area contributed by atoms with Gasteiger partial charge in [-0.3, -0.25) is 9.59 Å².